The molecule has 0 spiro atoms. The fourth-order valence-electron chi connectivity index (χ4n) is 2.73. The highest BCUT2D eigenvalue weighted by molar-refractivity contribution is 9.10. The highest BCUT2D eigenvalue weighted by Crippen LogP contribution is 2.38. The summed E-state index contributed by atoms with van der Waals surface area (Å²) in [6.07, 6.45) is 5.51. The molecule has 0 radical (unpaired) electrons. The SMILES string of the molecule is C#CCn1c(=NC(=O)c2cc(OC)c(OC)c(OC)c2)sc2cc(Br)ccc21. The summed E-state index contributed by atoms with van der Waals surface area (Å²) in [5, 5.41) is 0. The fourth-order valence-corrected chi connectivity index (χ4v) is 4.31. The quantitative estimate of drug-likeness (QED) is 0.542. The van der Waals surface area contributed by atoms with Crippen molar-refractivity contribution in [2.75, 3.05) is 21.3 Å². The third-order valence-corrected chi connectivity index (χ3v) is 5.54. The lowest BCUT2D eigenvalue weighted by molar-refractivity contribution is 0.0997. The molecular formula is C20H17BrN2O4S. The van der Waals surface area contributed by atoms with Crippen LogP contribution in [-0.2, 0) is 6.54 Å². The van der Waals surface area contributed by atoms with E-state index in [0.29, 0.717) is 34.2 Å². The van der Waals surface area contributed by atoms with Gasteiger partial charge in [-0.1, -0.05) is 33.2 Å². The van der Waals surface area contributed by atoms with Crippen LogP contribution in [0, 0.1) is 12.3 Å². The van der Waals surface area contributed by atoms with Gasteiger partial charge in [0.05, 0.1) is 38.1 Å². The minimum atomic E-state index is -0.435. The van der Waals surface area contributed by atoms with Crippen LogP contribution in [0.2, 0.25) is 0 Å². The molecular weight excluding hydrogens is 444 g/mol. The van der Waals surface area contributed by atoms with E-state index in [1.165, 1.54) is 32.7 Å². The number of ether oxygens (including phenoxy) is 3. The molecule has 144 valence electrons. The number of amides is 1. The normalized spacial score (nSPS) is 11.3. The molecule has 0 aliphatic rings. The molecule has 28 heavy (non-hydrogen) atoms. The van der Waals surface area contributed by atoms with Gasteiger partial charge in [-0.2, -0.15) is 4.99 Å². The summed E-state index contributed by atoms with van der Waals surface area (Å²) in [4.78, 5) is 17.7. The molecule has 0 unspecified atom stereocenters. The number of methoxy groups -OCH3 is 3. The molecule has 3 aromatic rings. The Hall–Kier alpha value is -2.76. The second kappa shape index (κ2) is 8.50. The first-order valence-corrected chi connectivity index (χ1v) is 9.74. The molecule has 3 rings (SSSR count). The van der Waals surface area contributed by atoms with Crippen molar-refractivity contribution in [2.45, 2.75) is 6.54 Å². The maximum Gasteiger partial charge on any atom is 0.279 e. The van der Waals surface area contributed by atoms with Gasteiger partial charge in [-0.25, -0.2) is 0 Å². The number of fused-ring (bicyclic) bond motifs is 1. The molecule has 8 heteroatoms. The van der Waals surface area contributed by atoms with E-state index in [-0.39, 0.29) is 0 Å². The van der Waals surface area contributed by atoms with Gasteiger partial charge in [0.25, 0.3) is 5.91 Å². The number of nitrogens with zero attached hydrogens (tertiary/aromatic N) is 2. The van der Waals surface area contributed by atoms with Crippen molar-refractivity contribution in [1.29, 1.82) is 0 Å². The van der Waals surface area contributed by atoms with E-state index < -0.39 is 5.91 Å². The van der Waals surface area contributed by atoms with E-state index in [0.717, 1.165) is 14.7 Å². The minimum absolute atomic E-state index is 0.309. The van der Waals surface area contributed by atoms with Gasteiger partial charge < -0.3 is 18.8 Å². The van der Waals surface area contributed by atoms with Gasteiger partial charge in [-0.3, -0.25) is 4.79 Å². The smallest absolute Gasteiger partial charge is 0.279 e. The summed E-state index contributed by atoms with van der Waals surface area (Å²) in [5.74, 6) is 3.36. The molecule has 6 nitrogen and oxygen atoms in total. The van der Waals surface area contributed by atoms with E-state index in [2.05, 4.69) is 26.8 Å². The van der Waals surface area contributed by atoms with Gasteiger partial charge in [-0.15, -0.1) is 6.42 Å². The molecule has 0 bridgehead atoms. The van der Waals surface area contributed by atoms with Gasteiger partial charge in [0, 0.05) is 10.0 Å². The molecule has 0 atom stereocenters. The predicted molar refractivity (Wildman–Crippen MR) is 112 cm³/mol. The lowest BCUT2D eigenvalue weighted by atomic mass is 10.1. The van der Waals surface area contributed by atoms with Gasteiger partial charge in [0.1, 0.15) is 0 Å². The summed E-state index contributed by atoms with van der Waals surface area (Å²) < 4.78 is 19.7. The molecule has 0 saturated heterocycles. The van der Waals surface area contributed by atoms with Gasteiger partial charge in [0.15, 0.2) is 16.3 Å². The van der Waals surface area contributed by atoms with Crippen molar-refractivity contribution in [1.82, 2.24) is 4.57 Å². The Morgan fingerprint density at radius 3 is 2.43 bits per heavy atom. The van der Waals surface area contributed by atoms with Gasteiger partial charge in [-0.05, 0) is 30.3 Å². The average Bonchev–Trinajstić information content (AvgIpc) is 3.02. The number of rotatable bonds is 5. The molecule has 0 fully saturated rings. The number of carbonyl (C=O) groups excluding carboxylic acids is 1. The predicted octanol–water partition coefficient (Wildman–Crippen LogP) is 3.87. The number of hydrogen-bond donors (Lipinski definition) is 0. The van der Waals surface area contributed by atoms with E-state index in [4.69, 9.17) is 20.6 Å². The van der Waals surface area contributed by atoms with Crippen molar-refractivity contribution < 1.29 is 19.0 Å². The van der Waals surface area contributed by atoms with E-state index in [9.17, 15) is 4.79 Å². The zero-order valence-corrected chi connectivity index (χ0v) is 17.9. The Labute approximate surface area is 174 Å². The van der Waals surface area contributed by atoms with Crippen molar-refractivity contribution in [3.05, 3.63) is 45.2 Å². The van der Waals surface area contributed by atoms with E-state index >= 15 is 0 Å². The first kappa shape index (κ1) is 20.0. The number of hydrogen-bond acceptors (Lipinski definition) is 5. The molecule has 0 saturated carbocycles. The number of halogens is 1. The number of benzene rings is 2. The second-order valence-electron chi connectivity index (χ2n) is 5.62. The summed E-state index contributed by atoms with van der Waals surface area (Å²) in [6, 6.07) is 8.98. The number of thiazole rings is 1. The molecule has 0 N–H and O–H groups in total. The molecule has 2 aromatic carbocycles. The molecule has 0 aliphatic heterocycles. The van der Waals surface area contributed by atoms with Crippen LogP contribution in [0.1, 0.15) is 10.4 Å². The molecule has 1 heterocycles. The zero-order chi connectivity index (χ0) is 20.3. The summed E-state index contributed by atoms with van der Waals surface area (Å²) in [5.41, 5.74) is 1.24. The van der Waals surface area contributed by atoms with Crippen LogP contribution in [-0.4, -0.2) is 31.8 Å². The minimum Gasteiger partial charge on any atom is -0.493 e. The zero-order valence-electron chi connectivity index (χ0n) is 15.5. The highest BCUT2D eigenvalue weighted by Gasteiger charge is 2.17. The Morgan fingerprint density at radius 2 is 1.86 bits per heavy atom. The van der Waals surface area contributed by atoms with Crippen LogP contribution < -0.4 is 19.0 Å². The second-order valence-corrected chi connectivity index (χ2v) is 7.54. The van der Waals surface area contributed by atoms with Gasteiger partial charge >= 0.3 is 0 Å². The van der Waals surface area contributed by atoms with Crippen LogP contribution in [0.4, 0.5) is 0 Å². The maximum atomic E-state index is 12.9. The third kappa shape index (κ3) is 3.77. The molecule has 1 amide bonds. The van der Waals surface area contributed by atoms with Crippen molar-refractivity contribution in [3.8, 4) is 29.6 Å². The topological polar surface area (TPSA) is 62.1 Å². The van der Waals surface area contributed by atoms with Crippen LogP contribution in [0.15, 0.2) is 39.8 Å². The van der Waals surface area contributed by atoms with E-state index in [1.54, 1.807) is 12.1 Å². The van der Waals surface area contributed by atoms with Crippen LogP contribution in [0.25, 0.3) is 10.2 Å². The van der Waals surface area contributed by atoms with Crippen LogP contribution in [0.3, 0.4) is 0 Å². The lowest BCUT2D eigenvalue weighted by Gasteiger charge is -2.12. The first-order valence-electron chi connectivity index (χ1n) is 8.13. The third-order valence-electron chi connectivity index (χ3n) is 4.00. The van der Waals surface area contributed by atoms with Crippen molar-refractivity contribution in [2.24, 2.45) is 4.99 Å². The fraction of sp³-hybridized carbons (Fsp3) is 0.200. The average molecular weight is 461 g/mol. The highest BCUT2D eigenvalue weighted by atomic mass is 79.9. The van der Waals surface area contributed by atoms with Crippen LogP contribution >= 0.6 is 27.3 Å². The van der Waals surface area contributed by atoms with Crippen molar-refractivity contribution in [3.63, 3.8) is 0 Å². The summed E-state index contributed by atoms with van der Waals surface area (Å²) in [7, 11) is 4.49. The largest absolute Gasteiger partial charge is 0.493 e. The van der Waals surface area contributed by atoms with E-state index in [1.807, 2.05) is 22.8 Å². The Balaban J connectivity index is 2.15. The molecule has 0 aliphatic carbocycles. The monoisotopic (exact) mass is 460 g/mol. The molecule has 1 aromatic heterocycles. The Bertz CT molecular complexity index is 1130. The number of carbonyl (C=O) groups is 1. The summed E-state index contributed by atoms with van der Waals surface area (Å²) in [6.45, 7) is 0.309. The lowest BCUT2D eigenvalue weighted by Crippen LogP contribution is -2.16. The van der Waals surface area contributed by atoms with Crippen LogP contribution in [0.5, 0.6) is 17.2 Å². The van der Waals surface area contributed by atoms with Gasteiger partial charge in [0.2, 0.25) is 5.75 Å². The maximum absolute atomic E-state index is 12.9. The number of aromatic nitrogens is 1. The standard InChI is InChI=1S/C20H17BrN2O4S/c1-5-8-23-14-7-6-13(21)11-17(14)28-20(23)22-19(24)12-9-15(25-2)18(27-4)16(10-12)26-3/h1,6-7,9-11H,8H2,2-4H3. The number of terminal acetylenes is 1. The summed E-state index contributed by atoms with van der Waals surface area (Å²) >= 11 is 4.85. The Morgan fingerprint density at radius 1 is 1.18 bits per heavy atom. The first-order chi connectivity index (χ1) is 13.5. The van der Waals surface area contributed by atoms with Crippen molar-refractivity contribution >= 4 is 43.4 Å². The Kier molecular flexibility index (Phi) is 6.07.